The van der Waals surface area contributed by atoms with Gasteiger partial charge in [0.15, 0.2) is 0 Å². The standard InChI is InChI=1S/C20H28N6O/c1-13-16-8-6-9-24(3)19(16)22-18(21-13)15-7-5-10-26(11-15)20(27)17-12-25(4)23-14(17)2/h12,15H,5-11H2,1-4H3. The molecule has 0 N–H and O–H groups in total. The second kappa shape index (κ2) is 6.94. The average Bonchev–Trinajstić information content (AvgIpc) is 3.00. The molecule has 1 amide bonds. The summed E-state index contributed by atoms with van der Waals surface area (Å²) in [5.41, 5.74) is 3.85. The van der Waals surface area contributed by atoms with Crippen LogP contribution in [0, 0.1) is 13.8 Å². The fraction of sp³-hybridized carbons (Fsp3) is 0.600. The molecule has 4 rings (SSSR count). The quantitative estimate of drug-likeness (QED) is 0.813. The van der Waals surface area contributed by atoms with Crippen molar-refractivity contribution in [2.75, 3.05) is 31.6 Å². The molecule has 7 nitrogen and oxygen atoms in total. The van der Waals surface area contributed by atoms with Gasteiger partial charge in [-0.1, -0.05) is 0 Å². The van der Waals surface area contributed by atoms with Crippen molar-refractivity contribution in [2.45, 2.75) is 45.4 Å². The van der Waals surface area contributed by atoms with Gasteiger partial charge in [-0.2, -0.15) is 5.10 Å². The minimum absolute atomic E-state index is 0.0668. The van der Waals surface area contributed by atoms with Crippen molar-refractivity contribution >= 4 is 11.7 Å². The summed E-state index contributed by atoms with van der Waals surface area (Å²) >= 11 is 0. The predicted molar refractivity (Wildman–Crippen MR) is 104 cm³/mol. The molecule has 0 bridgehead atoms. The van der Waals surface area contributed by atoms with E-state index in [1.54, 1.807) is 4.68 Å². The molecule has 0 saturated carbocycles. The Kier molecular flexibility index (Phi) is 4.61. The summed E-state index contributed by atoms with van der Waals surface area (Å²) in [5, 5.41) is 4.31. The van der Waals surface area contributed by atoms with Crippen molar-refractivity contribution in [2.24, 2.45) is 7.05 Å². The molecule has 2 aliphatic heterocycles. The van der Waals surface area contributed by atoms with E-state index >= 15 is 0 Å². The molecule has 2 aromatic rings. The van der Waals surface area contributed by atoms with Crippen LogP contribution in [0.4, 0.5) is 5.82 Å². The van der Waals surface area contributed by atoms with Crippen LogP contribution in [0.1, 0.15) is 58.3 Å². The number of carbonyl (C=O) groups excluding carboxylic acids is 1. The molecule has 27 heavy (non-hydrogen) atoms. The van der Waals surface area contributed by atoms with Gasteiger partial charge < -0.3 is 9.80 Å². The Morgan fingerprint density at radius 1 is 1.11 bits per heavy atom. The lowest BCUT2D eigenvalue weighted by molar-refractivity contribution is 0.0703. The fourth-order valence-corrected chi connectivity index (χ4v) is 4.34. The van der Waals surface area contributed by atoms with Crippen molar-refractivity contribution in [1.82, 2.24) is 24.6 Å². The molecule has 144 valence electrons. The molecule has 1 fully saturated rings. The van der Waals surface area contributed by atoms with E-state index in [-0.39, 0.29) is 11.8 Å². The zero-order chi connectivity index (χ0) is 19.1. The smallest absolute Gasteiger partial charge is 0.257 e. The first-order valence-electron chi connectivity index (χ1n) is 9.82. The summed E-state index contributed by atoms with van der Waals surface area (Å²) in [6.07, 6.45) is 6.03. The van der Waals surface area contributed by atoms with Gasteiger partial charge in [0, 0.05) is 57.1 Å². The van der Waals surface area contributed by atoms with E-state index in [1.165, 1.54) is 5.56 Å². The summed E-state index contributed by atoms with van der Waals surface area (Å²) in [7, 11) is 3.96. The van der Waals surface area contributed by atoms with Crippen LogP contribution < -0.4 is 4.90 Å². The molecule has 0 spiro atoms. The van der Waals surface area contributed by atoms with Gasteiger partial charge in [-0.25, -0.2) is 9.97 Å². The number of hydrogen-bond donors (Lipinski definition) is 0. The number of hydrogen-bond acceptors (Lipinski definition) is 5. The van der Waals surface area contributed by atoms with E-state index in [1.807, 2.05) is 25.1 Å². The number of rotatable bonds is 2. The van der Waals surface area contributed by atoms with Crippen molar-refractivity contribution in [1.29, 1.82) is 0 Å². The second-order valence-electron chi connectivity index (χ2n) is 7.89. The van der Waals surface area contributed by atoms with Gasteiger partial charge in [-0.15, -0.1) is 0 Å². The van der Waals surface area contributed by atoms with Crippen LogP contribution in [0.2, 0.25) is 0 Å². The molecule has 0 aromatic carbocycles. The summed E-state index contributed by atoms with van der Waals surface area (Å²) in [4.78, 5) is 26.9. The van der Waals surface area contributed by atoms with E-state index < -0.39 is 0 Å². The highest BCUT2D eigenvalue weighted by molar-refractivity contribution is 5.95. The number of anilines is 1. The van der Waals surface area contributed by atoms with Crippen molar-refractivity contribution in [3.63, 3.8) is 0 Å². The second-order valence-corrected chi connectivity index (χ2v) is 7.89. The zero-order valence-electron chi connectivity index (χ0n) is 16.7. The van der Waals surface area contributed by atoms with Crippen molar-refractivity contribution in [3.05, 3.63) is 34.5 Å². The van der Waals surface area contributed by atoms with E-state index in [4.69, 9.17) is 9.97 Å². The lowest BCUT2D eigenvalue weighted by Crippen LogP contribution is -2.40. The lowest BCUT2D eigenvalue weighted by atomic mass is 9.95. The summed E-state index contributed by atoms with van der Waals surface area (Å²) in [6.45, 7) is 6.48. The minimum Gasteiger partial charge on any atom is -0.359 e. The van der Waals surface area contributed by atoms with Crippen LogP contribution >= 0.6 is 0 Å². The maximum Gasteiger partial charge on any atom is 0.257 e. The molecule has 7 heteroatoms. The van der Waals surface area contributed by atoms with E-state index in [2.05, 4.69) is 24.0 Å². The number of piperidine rings is 1. The third kappa shape index (κ3) is 3.31. The minimum atomic E-state index is 0.0668. The van der Waals surface area contributed by atoms with Gasteiger partial charge >= 0.3 is 0 Å². The third-order valence-electron chi connectivity index (χ3n) is 5.81. The Morgan fingerprint density at radius 2 is 1.93 bits per heavy atom. The average molecular weight is 368 g/mol. The first kappa shape index (κ1) is 17.9. The molecule has 0 radical (unpaired) electrons. The van der Waals surface area contributed by atoms with E-state index in [9.17, 15) is 4.79 Å². The molecule has 1 unspecified atom stereocenters. The van der Waals surface area contributed by atoms with Crippen LogP contribution in [0.3, 0.4) is 0 Å². The topological polar surface area (TPSA) is 67.2 Å². The van der Waals surface area contributed by atoms with Gasteiger partial charge in [-0.05, 0) is 39.5 Å². The van der Waals surface area contributed by atoms with Crippen LogP contribution in [-0.4, -0.2) is 57.2 Å². The Balaban J connectivity index is 1.58. The van der Waals surface area contributed by atoms with Gasteiger partial charge in [0.2, 0.25) is 0 Å². The van der Waals surface area contributed by atoms with E-state index in [0.29, 0.717) is 12.1 Å². The Bertz CT molecular complexity index is 874. The van der Waals surface area contributed by atoms with E-state index in [0.717, 1.165) is 61.8 Å². The zero-order valence-corrected chi connectivity index (χ0v) is 16.7. The van der Waals surface area contributed by atoms with Crippen LogP contribution in [0.15, 0.2) is 6.20 Å². The molecule has 0 aliphatic carbocycles. The van der Waals surface area contributed by atoms with Gasteiger partial charge in [0.1, 0.15) is 11.6 Å². The number of likely N-dealkylation sites (tertiary alicyclic amines) is 1. The van der Waals surface area contributed by atoms with Gasteiger partial charge in [-0.3, -0.25) is 9.48 Å². The number of fused-ring (bicyclic) bond motifs is 1. The molecular formula is C20H28N6O. The molecule has 1 atom stereocenters. The molecule has 1 saturated heterocycles. The van der Waals surface area contributed by atoms with Crippen molar-refractivity contribution in [3.8, 4) is 0 Å². The Morgan fingerprint density at radius 3 is 2.67 bits per heavy atom. The Hall–Kier alpha value is -2.44. The predicted octanol–water partition coefficient (Wildman–Crippen LogP) is 2.23. The number of aryl methyl sites for hydroxylation is 3. The SMILES string of the molecule is Cc1nn(C)cc1C(=O)N1CCCC(c2nc(C)c3c(n2)N(C)CCC3)C1. The first-order valence-corrected chi connectivity index (χ1v) is 9.82. The summed E-state index contributed by atoms with van der Waals surface area (Å²) in [5.74, 6) is 2.23. The lowest BCUT2D eigenvalue weighted by Gasteiger charge is -2.33. The van der Waals surface area contributed by atoms with Gasteiger partial charge in [0.05, 0.1) is 11.3 Å². The highest BCUT2D eigenvalue weighted by atomic mass is 16.2. The first-order chi connectivity index (χ1) is 12.9. The summed E-state index contributed by atoms with van der Waals surface area (Å²) < 4.78 is 1.70. The summed E-state index contributed by atoms with van der Waals surface area (Å²) in [6, 6.07) is 0. The maximum atomic E-state index is 13.0. The maximum absolute atomic E-state index is 13.0. The van der Waals surface area contributed by atoms with Crippen molar-refractivity contribution < 1.29 is 4.79 Å². The highest BCUT2D eigenvalue weighted by Gasteiger charge is 2.30. The highest BCUT2D eigenvalue weighted by Crippen LogP contribution is 2.31. The largest absolute Gasteiger partial charge is 0.359 e. The number of nitrogens with zero attached hydrogens (tertiary/aromatic N) is 6. The normalized spacial score (nSPS) is 19.9. The number of carbonyl (C=O) groups is 1. The molecule has 4 heterocycles. The Labute approximate surface area is 160 Å². The van der Waals surface area contributed by atoms with Crippen LogP contribution in [0.5, 0.6) is 0 Å². The number of amides is 1. The third-order valence-corrected chi connectivity index (χ3v) is 5.81. The molecule has 2 aromatic heterocycles. The molecular weight excluding hydrogens is 340 g/mol. The fourth-order valence-electron chi connectivity index (χ4n) is 4.34. The monoisotopic (exact) mass is 368 g/mol. The molecule has 2 aliphatic rings. The van der Waals surface area contributed by atoms with Crippen LogP contribution in [0.25, 0.3) is 0 Å². The van der Waals surface area contributed by atoms with Crippen LogP contribution in [-0.2, 0) is 13.5 Å². The van der Waals surface area contributed by atoms with Gasteiger partial charge in [0.25, 0.3) is 5.91 Å². The number of aromatic nitrogens is 4.